The molecule has 1 aromatic carbocycles. The zero-order valence-electron chi connectivity index (χ0n) is 12.9. The minimum atomic E-state index is -0.554. The molecule has 22 heavy (non-hydrogen) atoms. The first kappa shape index (κ1) is 14.3. The summed E-state index contributed by atoms with van der Waals surface area (Å²) in [5.74, 6) is -0.241. The summed E-state index contributed by atoms with van der Waals surface area (Å²) >= 11 is 0. The van der Waals surface area contributed by atoms with Gasteiger partial charge < -0.3 is 10.1 Å². The van der Waals surface area contributed by atoms with Crippen molar-refractivity contribution in [3.63, 3.8) is 0 Å². The lowest BCUT2D eigenvalue weighted by molar-refractivity contribution is -0.146. The van der Waals surface area contributed by atoms with Gasteiger partial charge in [0.25, 0.3) is 0 Å². The van der Waals surface area contributed by atoms with Gasteiger partial charge in [-0.05, 0) is 38.5 Å². The van der Waals surface area contributed by atoms with E-state index in [1.54, 1.807) is 0 Å². The fourth-order valence-electron chi connectivity index (χ4n) is 2.34. The summed E-state index contributed by atoms with van der Waals surface area (Å²) in [6.45, 7) is 5.51. The molecule has 0 unspecified atom stereocenters. The molecule has 1 aliphatic heterocycles. The highest BCUT2D eigenvalue weighted by molar-refractivity contribution is 6.42. The molecule has 0 saturated heterocycles. The number of nitrogens with zero attached hydrogens (tertiary/aromatic N) is 1. The number of benzene rings is 1. The van der Waals surface area contributed by atoms with Crippen LogP contribution < -0.4 is 5.32 Å². The third-order valence-electron chi connectivity index (χ3n) is 3.18. The fraction of sp³-hybridized carbons (Fsp3) is 0.222. The average Bonchev–Trinajstić information content (AvgIpc) is 2.41. The first-order chi connectivity index (χ1) is 10.4. The predicted molar refractivity (Wildman–Crippen MR) is 89.5 cm³/mol. The van der Waals surface area contributed by atoms with E-state index in [1.165, 1.54) is 0 Å². The van der Waals surface area contributed by atoms with Crippen molar-refractivity contribution in [3.8, 4) is 0 Å². The summed E-state index contributed by atoms with van der Waals surface area (Å²) in [7, 11) is 0. The van der Waals surface area contributed by atoms with E-state index in [4.69, 9.17) is 4.74 Å². The van der Waals surface area contributed by atoms with E-state index in [1.807, 2.05) is 69.4 Å². The van der Waals surface area contributed by atoms with Crippen molar-refractivity contribution in [2.24, 2.45) is 4.99 Å². The Balaban J connectivity index is 2.03. The maximum absolute atomic E-state index is 12.3. The largest absolute Gasteiger partial charge is 0.454 e. The molecule has 1 N–H and O–H groups in total. The maximum atomic E-state index is 12.3. The Bertz CT molecular complexity index is 747. The van der Waals surface area contributed by atoms with Crippen LogP contribution in [0.5, 0.6) is 0 Å². The molecule has 0 amide bonds. The van der Waals surface area contributed by atoms with Gasteiger partial charge in [-0.1, -0.05) is 36.4 Å². The number of aliphatic imine (C=N–C) groups is 1. The molecule has 0 bridgehead atoms. The summed E-state index contributed by atoms with van der Waals surface area (Å²) < 4.78 is 5.40. The number of carbonyl (C=O) groups excluding carboxylic acids is 1. The van der Waals surface area contributed by atoms with Crippen LogP contribution in [0.15, 0.2) is 47.5 Å². The molecule has 0 radical (unpaired) electrons. The Labute approximate surface area is 129 Å². The summed E-state index contributed by atoms with van der Waals surface area (Å²) in [6, 6.07) is 5.91. The summed E-state index contributed by atoms with van der Waals surface area (Å²) in [5.41, 5.74) is 3.12. The number of hydrogen-bond acceptors (Lipinski definition) is 4. The van der Waals surface area contributed by atoms with Gasteiger partial charge in [-0.2, -0.15) is 0 Å². The second kappa shape index (κ2) is 5.30. The van der Waals surface area contributed by atoms with E-state index in [2.05, 4.69) is 10.3 Å². The van der Waals surface area contributed by atoms with Crippen LogP contribution in [0.2, 0.25) is 0 Å². The monoisotopic (exact) mass is 294 g/mol. The first-order valence-electron chi connectivity index (χ1n) is 7.21. The molecule has 4 heteroatoms. The Kier molecular flexibility index (Phi) is 3.45. The Hall–Kier alpha value is -2.62. The van der Waals surface area contributed by atoms with Crippen molar-refractivity contribution in [2.45, 2.75) is 26.4 Å². The van der Waals surface area contributed by atoms with Crippen molar-refractivity contribution >= 4 is 29.3 Å². The van der Waals surface area contributed by atoms with E-state index in [0.717, 1.165) is 22.5 Å². The average molecular weight is 294 g/mol. The van der Waals surface area contributed by atoms with E-state index in [9.17, 15) is 4.79 Å². The van der Waals surface area contributed by atoms with Gasteiger partial charge in [-0.3, -0.25) is 0 Å². The lowest BCUT2D eigenvalue weighted by atomic mass is 9.98. The van der Waals surface area contributed by atoms with Crippen LogP contribution in [0, 0.1) is 0 Å². The van der Waals surface area contributed by atoms with Crippen molar-refractivity contribution in [2.75, 3.05) is 5.32 Å². The number of ether oxygens (including phenoxy) is 1. The zero-order chi connectivity index (χ0) is 15.7. The predicted octanol–water partition coefficient (Wildman–Crippen LogP) is 3.78. The van der Waals surface area contributed by atoms with Gasteiger partial charge in [-0.25, -0.2) is 9.79 Å². The molecule has 1 aliphatic carbocycles. The molecule has 112 valence electrons. The van der Waals surface area contributed by atoms with Gasteiger partial charge in [0, 0.05) is 11.3 Å². The standard InChI is InChI=1S/C18H18N2O2/c1-18(2,3)22-17(21)16-19-13-10-6-4-5-8-12-9-7-11-14(20-16)15(12)13/h4-11H,1-3H3,(H,19,20)/b5-4?,6-4-,8-5-,10-6?,12-8?,13-10+. The molecular weight excluding hydrogens is 276 g/mol. The normalized spacial score (nSPS) is 21.0. The number of amidine groups is 1. The van der Waals surface area contributed by atoms with Crippen molar-refractivity contribution < 1.29 is 9.53 Å². The third-order valence-corrected chi connectivity index (χ3v) is 3.18. The molecular formula is C18H18N2O2. The number of rotatable bonds is 1. The van der Waals surface area contributed by atoms with Crippen molar-refractivity contribution in [1.29, 1.82) is 0 Å². The second-order valence-corrected chi connectivity index (χ2v) is 6.15. The minimum Gasteiger partial charge on any atom is -0.454 e. The molecule has 0 atom stereocenters. The number of nitrogens with one attached hydrogen (secondary N) is 1. The number of esters is 1. The Morgan fingerprint density at radius 3 is 2.77 bits per heavy atom. The smallest absolute Gasteiger partial charge is 0.374 e. The highest BCUT2D eigenvalue weighted by Crippen LogP contribution is 2.34. The lowest BCUT2D eigenvalue weighted by Gasteiger charge is -2.24. The summed E-state index contributed by atoms with van der Waals surface area (Å²) in [6.07, 6.45) is 9.76. The molecule has 4 nitrogen and oxygen atoms in total. The number of anilines is 1. The summed E-state index contributed by atoms with van der Waals surface area (Å²) in [5, 5.41) is 3.08. The highest BCUT2D eigenvalue weighted by Gasteiger charge is 2.26. The minimum absolute atomic E-state index is 0.212. The van der Waals surface area contributed by atoms with Crippen LogP contribution >= 0.6 is 0 Å². The molecule has 2 aliphatic rings. The van der Waals surface area contributed by atoms with Crippen LogP contribution in [-0.2, 0) is 9.53 Å². The summed E-state index contributed by atoms with van der Waals surface area (Å²) in [4.78, 5) is 16.7. The molecule has 1 aromatic rings. The highest BCUT2D eigenvalue weighted by atomic mass is 16.6. The van der Waals surface area contributed by atoms with E-state index in [-0.39, 0.29) is 5.84 Å². The lowest BCUT2D eigenvalue weighted by Crippen LogP contribution is -2.34. The third kappa shape index (κ3) is 2.86. The van der Waals surface area contributed by atoms with Gasteiger partial charge in [-0.15, -0.1) is 0 Å². The SMILES string of the molecule is CC(C)(C)OC(=O)C1=N/C2=C/C=C\C=C/c3cccc(c32)N1. The van der Waals surface area contributed by atoms with E-state index in [0.29, 0.717) is 0 Å². The second-order valence-electron chi connectivity index (χ2n) is 6.15. The van der Waals surface area contributed by atoms with Gasteiger partial charge >= 0.3 is 5.97 Å². The molecule has 0 saturated carbocycles. The van der Waals surface area contributed by atoms with E-state index < -0.39 is 11.6 Å². The topological polar surface area (TPSA) is 50.7 Å². The molecule has 0 aromatic heterocycles. The molecule has 0 spiro atoms. The number of allylic oxidation sites excluding steroid dienone is 4. The Morgan fingerprint density at radius 2 is 2.00 bits per heavy atom. The quantitative estimate of drug-likeness (QED) is 0.802. The van der Waals surface area contributed by atoms with Crippen LogP contribution in [0.1, 0.15) is 31.9 Å². The molecule has 0 fully saturated rings. The fourth-order valence-corrected chi connectivity index (χ4v) is 2.34. The zero-order valence-corrected chi connectivity index (χ0v) is 12.9. The van der Waals surface area contributed by atoms with Crippen molar-refractivity contribution in [3.05, 3.63) is 53.6 Å². The van der Waals surface area contributed by atoms with Crippen LogP contribution in [0.4, 0.5) is 5.69 Å². The van der Waals surface area contributed by atoms with Crippen LogP contribution in [-0.4, -0.2) is 17.4 Å². The van der Waals surface area contributed by atoms with Crippen molar-refractivity contribution in [1.82, 2.24) is 0 Å². The number of carbonyl (C=O) groups is 1. The van der Waals surface area contributed by atoms with Gasteiger partial charge in [0.05, 0.1) is 5.70 Å². The van der Waals surface area contributed by atoms with Crippen LogP contribution in [0.3, 0.4) is 0 Å². The first-order valence-corrected chi connectivity index (χ1v) is 7.21. The number of hydrogen-bond donors (Lipinski definition) is 1. The van der Waals surface area contributed by atoms with Gasteiger partial charge in [0.15, 0.2) is 0 Å². The van der Waals surface area contributed by atoms with Crippen LogP contribution in [0.25, 0.3) is 11.8 Å². The van der Waals surface area contributed by atoms with Gasteiger partial charge in [0.1, 0.15) is 5.60 Å². The molecule has 3 rings (SSSR count). The molecule has 1 heterocycles. The maximum Gasteiger partial charge on any atom is 0.374 e. The van der Waals surface area contributed by atoms with Gasteiger partial charge in [0.2, 0.25) is 5.84 Å². The van der Waals surface area contributed by atoms with E-state index >= 15 is 0 Å². The Morgan fingerprint density at radius 1 is 1.18 bits per heavy atom.